The molecule has 6 aromatic rings. The van der Waals surface area contributed by atoms with Crippen LogP contribution < -0.4 is 0 Å². The number of para-hydroxylation sites is 2. The molecule has 1 aliphatic carbocycles. The summed E-state index contributed by atoms with van der Waals surface area (Å²) in [6.45, 7) is 17.5. The number of aromatic nitrogens is 2. The van der Waals surface area contributed by atoms with Crippen LogP contribution in [0.2, 0.25) is 0 Å². The van der Waals surface area contributed by atoms with Crippen LogP contribution >= 0.6 is 0 Å². The van der Waals surface area contributed by atoms with Gasteiger partial charge in [0.05, 0.1) is 6.10 Å². The minimum atomic E-state index is -0.865. The third-order valence-corrected chi connectivity index (χ3v) is 11.9. The van der Waals surface area contributed by atoms with Gasteiger partial charge in [-0.3, -0.25) is 4.79 Å². The first-order valence-corrected chi connectivity index (χ1v) is 19.2. The van der Waals surface area contributed by atoms with E-state index in [0.717, 1.165) is 37.1 Å². The lowest BCUT2D eigenvalue weighted by molar-refractivity contribution is -0.116. The monoisotopic (exact) mass is 678 g/mol. The van der Waals surface area contributed by atoms with E-state index in [2.05, 4.69) is 143 Å². The summed E-state index contributed by atoms with van der Waals surface area (Å²) in [4.78, 5) is 14.5. The number of Topliss-reactive ketones (excluding diaryl/α,β-unsaturated/α-hetero) is 1. The zero-order chi connectivity index (χ0) is 36.0. The van der Waals surface area contributed by atoms with E-state index in [1.54, 1.807) is 0 Å². The second-order valence-electron chi connectivity index (χ2n) is 15.8. The normalized spacial score (nSPS) is 17.1. The summed E-state index contributed by atoms with van der Waals surface area (Å²) in [5.74, 6) is 0.182. The van der Waals surface area contributed by atoms with Crippen LogP contribution in [0.5, 0.6) is 0 Å². The quantitative estimate of drug-likeness (QED) is 0.109. The van der Waals surface area contributed by atoms with Gasteiger partial charge in [-0.2, -0.15) is 0 Å². The van der Waals surface area contributed by atoms with Gasteiger partial charge in [0.1, 0.15) is 0 Å². The molecule has 0 bridgehead atoms. The fraction of sp³-hybridized carbons (Fsp3) is 0.383. The number of aliphatic hydroxyl groups excluding tert-OH is 1. The van der Waals surface area contributed by atoms with Crippen LogP contribution in [0.4, 0.5) is 0 Å². The first-order valence-electron chi connectivity index (χ1n) is 19.2. The van der Waals surface area contributed by atoms with Crippen molar-refractivity contribution in [3.05, 3.63) is 113 Å². The van der Waals surface area contributed by atoms with Crippen molar-refractivity contribution in [2.24, 2.45) is 11.3 Å². The van der Waals surface area contributed by atoms with Gasteiger partial charge in [0.15, 0.2) is 5.78 Å². The van der Waals surface area contributed by atoms with Crippen LogP contribution in [-0.4, -0.2) is 26.1 Å². The van der Waals surface area contributed by atoms with E-state index in [1.165, 1.54) is 61.2 Å². The van der Waals surface area contributed by atoms with Crippen molar-refractivity contribution in [1.29, 1.82) is 0 Å². The van der Waals surface area contributed by atoms with Crippen molar-refractivity contribution in [1.82, 2.24) is 9.13 Å². The van der Waals surface area contributed by atoms with Crippen LogP contribution in [0.15, 0.2) is 102 Å². The van der Waals surface area contributed by atoms with E-state index < -0.39 is 6.10 Å². The first kappa shape index (κ1) is 35.0. The van der Waals surface area contributed by atoms with Crippen LogP contribution in [0.3, 0.4) is 0 Å². The standard InChI is InChI=1S/C47H54N2O2/c1-8-48-40-18-12-10-16-35(40)37-27-33(20-22-42(37)48)28-39(45(51)26-32(5)46-30(3)15-14-24-47(46,6)7)44(50)25-31(4)34-21-23-43-38(29-34)36-17-11-13-19-41(36)49(43)9-2/h10-13,16-23,27-29,31-32,45,51H,8-9,14-15,24-26H2,1-7H3/b39-28-. The smallest absolute Gasteiger partial charge is 0.162 e. The third-order valence-electron chi connectivity index (χ3n) is 11.9. The van der Waals surface area contributed by atoms with Gasteiger partial charge in [-0.25, -0.2) is 0 Å². The highest BCUT2D eigenvalue weighted by atomic mass is 16.3. The molecule has 0 amide bonds. The lowest BCUT2D eigenvalue weighted by Gasteiger charge is -2.38. The van der Waals surface area contributed by atoms with Gasteiger partial charge in [0.2, 0.25) is 0 Å². The molecule has 4 heteroatoms. The number of allylic oxidation sites excluding steroid dienone is 2. The molecule has 0 fully saturated rings. The lowest BCUT2D eigenvalue weighted by atomic mass is 9.67. The summed E-state index contributed by atoms with van der Waals surface area (Å²) in [5, 5.41) is 16.9. The molecular formula is C47H54N2O2. The van der Waals surface area contributed by atoms with E-state index in [-0.39, 0.29) is 23.0 Å². The van der Waals surface area contributed by atoms with Crippen LogP contribution in [0.1, 0.15) is 97.6 Å². The highest BCUT2D eigenvalue weighted by molar-refractivity contribution is 6.10. The Balaban J connectivity index is 1.25. The minimum absolute atomic E-state index is 0.00842. The molecule has 0 saturated carbocycles. The summed E-state index contributed by atoms with van der Waals surface area (Å²) in [7, 11) is 0. The van der Waals surface area contributed by atoms with Gasteiger partial charge in [-0.1, -0.05) is 87.4 Å². The molecule has 0 radical (unpaired) electrons. The maximum Gasteiger partial charge on any atom is 0.162 e. The molecule has 0 aliphatic heterocycles. The number of rotatable bonds is 11. The number of ketones is 1. The van der Waals surface area contributed by atoms with Crippen molar-refractivity contribution in [2.45, 2.75) is 106 Å². The molecule has 51 heavy (non-hydrogen) atoms. The Bertz CT molecular complexity index is 2330. The molecular weight excluding hydrogens is 625 g/mol. The van der Waals surface area contributed by atoms with Gasteiger partial charge in [-0.15, -0.1) is 0 Å². The predicted molar refractivity (Wildman–Crippen MR) is 216 cm³/mol. The molecule has 2 aromatic heterocycles. The Morgan fingerprint density at radius 3 is 1.96 bits per heavy atom. The predicted octanol–water partition coefficient (Wildman–Crippen LogP) is 12.0. The van der Waals surface area contributed by atoms with Gasteiger partial charge in [0.25, 0.3) is 0 Å². The number of hydrogen-bond donors (Lipinski definition) is 1. The SMILES string of the molecule is CCn1c2ccccc2c2cc(/C=C(/C(=O)CC(C)c3ccc4c(c3)c3ccccc3n4CC)C(O)CC(C)C3=C(C)CCCC3(C)C)ccc21. The van der Waals surface area contributed by atoms with Crippen molar-refractivity contribution < 1.29 is 9.90 Å². The molecule has 7 rings (SSSR count). The van der Waals surface area contributed by atoms with Gasteiger partial charge in [0, 0.05) is 68.7 Å². The molecule has 2 heterocycles. The summed E-state index contributed by atoms with van der Waals surface area (Å²) >= 11 is 0. The minimum Gasteiger partial charge on any atom is -0.388 e. The maximum atomic E-state index is 14.5. The summed E-state index contributed by atoms with van der Waals surface area (Å²) in [6, 6.07) is 30.3. The van der Waals surface area contributed by atoms with Crippen molar-refractivity contribution >= 4 is 55.5 Å². The average Bonchev–Trinajstić information content (AvgIpc) is 3.61. The average molecular weight is 679 g/mol. The third kappa shape index (κ3) is 6.37. The van der Waals surface area contributed by atoms with Crippen molar-refractivity contribution in [2.75, 3.05) is 0 Å². The molecule has 1 aliphatic rings. The number of fused-ring (bicyclic) bond motifs is 6. The van der Waals surface area contributed by atoms with Crippen molar-refractivity contribution in [3.63, 3.8) is 0 Å². The van der Waals surface area contributed by atoms with Crippen LogP contribution in [0, 0.1) is 11.3 Å². The summed E-state index contributed by atoms with van der Waals surface area (Å²) in [6.07, 6.45) is 5.46. The molecule has 3 atom stereocenters. The number of aryl methyl sites for hydroxylation is 2. The lowest BCUT2D eigenvalue weighted by Crippen LogP contribution is -2.28. The van der Waals surface area contributed by atoms with Crippen LogP contribution in [-0.2, 0) is 17.9 Å². The van der Waals surface area contributed by atoms with E-state index in [0.29, 0.717) is 18.4 Å². The number of carbonyl (C=O) groups excluding carboxylic acids is 1. The summed E-state index contributed by atoms with van der Waals surface area (Å²) < 4.78 is 4.71. The Hall–Kier alpha value is -4.41. The zero-order valence-corrected chi connectivity index (χ0v) is 31.6. The summed E-state index contributed by atoms with van der Waals surface area (Å²) in [5.41, 5.74) is 10.5. The van der Waals surface area contributed by atoms with Crippen molar-refractivity contribution in [3.8, 4) is 0 Å². The fourth-order valence-corrected chi connectivity index (χ4v) is 9.59. The highest BCUT2D eigenvalue weighted by Gasteiger charge is 2.33. The Kier molecular flexibility index (Phi) is 9.58. The maximum absolute atomic E-state index is 14.5. The van der Waals surface area contributed by atoms with E-state index in [1.807, 2.05) is 6.08 Å². The van der Waals surface area contributed by atoms with Gasteiger partial charge >= 0.3 is 0 Å². The molecule has 0 spiro atoms. The topological polar surface area (TPSA) is 47.2 Å². The largest absolute Gasteiger partial charge is 0.388 e. The molecule has 4 aromatic carbocycles. The van der Waals surface area contributed by atoms with Gasteiger partial charge in [-0.05, 0) is 117 Å². The highest BCUT2D eigenvalue weighted by Crippen LogP contribution is 2.45. The number of aliphatic hydroxyl groups is 1. The molecule has 0 saturated heterocycles. The molecule has 3 unspecified atom stereocenters. The molecule has 264 valence electrons. The second kappa shape index (κ2) is 14.0. The second-order valence-corrected chi connectivity index (χ2v) is 15.8. The van der Waals surface area contributed by atoms with Gasteiger partial charge < -0.3 is 14.2 Å². The van der Waals surface area contributed by atoms with E-state index >= 15 is 0 Å². The number of carbonyl (C=O) groups is 1. The van der Waals surface area contributed by atoms with E-state index in [4.69, 9.17) is 0 Å². The van der Waals surface area contributed by atoms with Crippen LogP contribution in [0.25, 0.3) is 49.7 Å². The number of benzene rings is 4. The fourth-order valence-electron chi connectivity index (χ4n) is 9.59. The molecule has 1 N–H and O–H groups in total. The van der Waals surface area contributed by atoms with E-state index in [9.17, 15) is 9.90 Å². The Morgan fingerprint density at radius 1 is 0.784 bits per heavy atom. The number of nitrogens with zero attached hydrogens (tertiary/aromatic N) is 2. The zero-order valence-electron chi connectivity index (χ0n) is 31.6. The Labute approximate surface area is 303 Å². The number of hydrogen-bond acceptors (Lipinski definition) is 2. The first-order chi connectivity index (χ1) is 24.5. The molecule has 4 nitrogen and oxygen atoms in total. The Morgan fingerprint density at radius 2 is 1.35 bits per heavy atom.